The van der Waals surface area contributed by atoms with E-state index in [1.54, 1.807) is 0 Å². The molecule has 2 amide bonds. The maximum absolute atomic E-state index is 12.3. The number of nitrogens with one attached hydrogen (secondary N) is 2. The lowest BCUT2D eigenvalue weighted by Crippen LogP contribution is -2.41. The molecule has 2 aliphatic rings. The topological polar surface area (TPSA) is 95.5 Å². The maximum atomic E-state index is 12.3. The summed E-state index contributed by atoms with van der Waals surface area (Å²) in [6.45, 7) is 2.97. The van der Waals surface area contributed by atoms with Gasteiger partial charge in [-0.1, -0.05) is 51.2 Å². The zero-order chi connectivity index (χ0) is 23.2. The Morgan fingerprint density at radius 1 is 0.844 bits per heavy atom. The molecule has 2 fully saturated rings. The Morgan fingerprint density at radius 2 is 1.56 bits per heavy atom. The van der Waals surface area contributed by atoms with E-state index >= 15 is 0 Å². The SMILES string of the molecule is CCCCCCCCC(=O)NCC(=O)NC[C@@H]1[C@@H]2CC[C@@H](C2)[C@@H]1C/C=C\CCCC(=O)O. The molecular weight excluding hydrogens is 404 g/mol. The van der Waals surface area contributed by atoms with Gasteiger partial charge in [0, 0.05) is 19.4 Å². The molecule has 182 valence electrons. The highest BCUT2D eigenvalue weighted by Crippen LogP contribution is 2.53. The van der Waals surface area contributed by atoms with Crippen LogP contribution in [0.3, 0.4) is 0 Å². The third-order valence-electron chi connectivity index (χ3n) is 7.35. The Balaban J connectivity index is 1.61. The Labute approximate surface area is 194 Å². The lowest BCUT2D eigenvalue weighted by molar-refractivity contribution is -0.137. The molecule has 2 bridgehead atoms. The van der Waals surface area contributed by atoms with E-state index in [2.05, 4.69) is 29.7 Å². The van der Waals surface area contributed by atoms with Crippen molar-refractivity contribution in [1.29, 1.82) is 0 Å². The number of hydrogen-bond donors (Lipinski definition) is 3. The number of amides is 2. The molecule has 32 heavy (non-hydrogen) atoms. The molecule has 0 heterocycles. The molecule has 0 aromatic rings. The summed E-state index contributed by atoms with van der Waals surface area (Å²) in [6, 6.07) is 0. The number of hydrogen-bond acceptors (Lipinski definition) is 3. The molecule has 2 rings (SSSR count). The van der Waals surface area contributed by atoms with Crippen molar-refractivity contribution in [2.24, 2.45) is 23.7 Å². The molecule has 6 nitrogen and oxygen atoms in total. The molecule has 4 atom stereocenters. The molecule has 0 aromatic heterocycles. The maximum Gasteiger partial charge on any atom is 0.303 e. The second-order valence-corrected chi connectivity index (χ2v) is 9.75. The van der Waals surface area contributed by atoms with Gasteiger partial charge < -0.3 is 15.7 Å². The van der Waals surface area contributed by atoms with Crippen LogP contribution >= 0.6 is 0 Å². The zero-order valence-electron chi connectivity index (χ0n) is 19.9. The number of aliphatic carboxylic acids is 1. The number of carbonyl (C=O) groups excluding carboxylic acids is 2. The second kappa shape index (κ2) is 15.1. The van der Waals surface area contributed by atoms with Crippen LogP contribution in [0, 0.1) is 23.7 Å². The van der Waals surface area contributed by atoms with E-state index in [1.807, 2.05) is 0 Å². The summed E-state index contributed by atoms with van der Waals surface area (Å²) in [7, 11) is 0. The van der Waals surface area contributed by atoms with Crippen LogP contribution in [0.1, 0.15) is 96.8 Å². The van der Waals surface area contributed by atoms with Crippen LogP contribution in [0.4, 0.5) is 0 Å². The zero-order valence-corrected chi connectivity index (χ0v) is 19.9. The molecule has 0 spiro atoms. The fourth-order valence-electron chi connectivity index (χ4n) is 5.58. The van der Waals surface area contributed by atoms with Crippen molar-refractivity contribution in [1.82, 2.24) is 10.6 Å². The first kappa shape index (κ1) is 26.4. The number of carboxylic acids is 1. The summed E-state index contributed by atoms with van der Waals surface area (Å²) >= 11 is 0. The van der Waals surface area contributed by atoms with E-state index in [0.29, 0.717) is 37.1 Å². The van der Waals surface area contributed by atoms with Crippen molar-refractivity contribution in [2.45, 2.75) is 96.8 Å². The fourth-order valence-corrected chi connectivity index (χ4v) is 5.58. The van der Waals surface area contributed by atoms with Gasteiger partial charge in [0.15, 0.2) is 0 Å². The predicted octanol–water partition coefficient (Wildman–Crippen LogP) is 4.83. The van der Waals surface area contributed by atoms with Crippen LogP contribution < -0.4 is 10.6 Å². The van der Waals surface area contributed by atoms with Gasteiger partial charge in [-0.05, 0) is 68.6 Å². The van der Waals surface area contributed by atoms with E-state index in [-0.39, 0.29) is 24.8 Å². The Morgan fingerprint density at radius 3 is 2.31 bits per heavy atom. The van der Waals surface area contributed by atoms with Crippen molar-refractivity contribution in [3.8, 4) is 0 Å². The van der Waals surface area contributed by atoms with Crippen molar-refractivity contribution < 1.29 is 19.5 Å². The smallest absolute Gasteiger partial charge is 0.303 e. The standard InChI is InChI=1S/C26H44N2O4/c1-2-3-4-5-6-10-13-24(29)28-19-25(30)27-18-23-21-16-15-20(17-21)22(23)12-9-7-8-11-14-26(31)32/h7,9,20-23H,2-6,8,10-19H2,1H3,(H,27,30)(H,28,29)(H,31,32)/b9-7-/t20-,21+,22-,23+/m0/s1. The number of unbranched alkanes of at least 4 members (excludes halogenated alkanes) is 6. The third-order valence-corrected chi connectivity index (χ3v) is 7.35. The van der Waals surface area contributed by atoms with Crippen LogP contribution in [0.25, 0.3) is 0 Å². The van der Waals surface area contributed by atoms with Gasteiger partial charge in [-0.3, -0.25) is 14.4 Å². The van der Waals surface area contributed by atoms with Gasteiger partial charge in [0.25, 0.3) is 0 Å². The molecule has 6 heteroatoms. The molecule has 0 aromatic carbocycles. The fraction of sp³-hybridized carbons (Fsp3) is 0.808. The van der Waals surface area contributed by atoms with E-state index in [9.17, 15) is 14.4 Å². The summed E-state index contributed by atoms with van der Waals surface area (Å²) in [5, 5.41) is 14.5. The van der Waals surface area contributed by atoms with Crippen LogP contribution in [-0.4, -0.2) is 36.0 Å². The van der Waals surface area contributed by atoms with Gasteiger partial charge in [-0.15, -0.1) is 0 Å². The van der Waals surface area contributed by atoms with Gasteiger partial charge in [0.1, 0.15) is 0 Å². The van der Waals surface area contributed by atoms with Crippen LogP contribution in [0.2, 0.25) is 0 Å². The van der Waals surface area contributed by atoms with Crippen molar-refractivity contribution >= 4 is 17.8 Å². The minimum atomic E-state index is -0.735. The normalized spacial score (nSPS) is 24.2. The van der Waals surface area contributed by atoms with Crippen molar-refractivity contribution in [3.63, 3.8) is 0 Å². The molecule has 0 saturated heterocycles. The number of rotatable bonds is 17. The second-order valence-electron chi connectivity index (χ2n) is 9.75. The van der Waals surface area contributed by atoms with Gasteiger partial charge >= 0.3 is 5.97 Å². The average molecular weight is 449 g/mol. The van der Waals surface area contributed by atoms with Gasteiger partial charge in [0.05, 0.1) is 6.54 Å². The highest BCUT2D eigenvalue weighted by molar-refractivity contribution is 5.84. The van der Waals surface area contributed by atoms with Crippen molar-refractivity contribution in [3.05, 3.63) is 12.2 Å². The summed E-state index contributed by atoms with van der Waals surface area (Å²) < 4.78 is 0. The lowest BCUT2D eigenvalue weighted by Gasteiger charge is -2.30. The molecular formula is C26H44N2O4. The Hall–Kier alpha value is -1.85. The van der Waals surface area contributed by atoms with E-state index < -0.39 is 5.97 Å². The highest BCUT2D eigenvalue weighted by atomic mass is 16.4. The summed E-state index contributed by atoms with van der Waals surface area (Å²) in [5.41, 5.74) is 0. The molecule has 2 saturated carbocycles. The first-order valence-corrected chi connectivity index (χ1v) is 12.9. The summed E-state index contributed by atoms with van der Waals surface area (Å²) in [6.07, 6.45) is 18.3. The Bertz CT molecular complexity index is 619. The van der Waals surface area contributed by atoms with Gasteiger partial charge in [-0.2, -0.15) is 0 Å². The van der Waals surface area contributed by atoms with Crippen LogP contribution in [0.5, 0.6) is 0 Å². The predicted molar refractivity (Wildman–Crippen MR) is 127 cm³/mol. The van der Waals surface area contributed by atoms with E-state index in [4.69, 9.17) is 5.11 Å². The van der Waals surface area contributed by atoms with E-state index in [1.165, 1.54) is 44.9 Å². The number of allylic oxidation sites excluding steroid dienone is 2. The van der Waals surface area contributed by atoms with Gasteiger partial charge in [0.2, 0.25) is 11.8 Å². The van der Waals surface area contributed by atoms with Gasteiger partial charge in [-0.25, -0.2) is 0 Å². The third kappa shape index (κ3) is 9.74. The number of carboxylic acid groups (broad SMARTS) is 1. The monoisotopic (exact) mass is 448 g/mol. The minimum absolute atomic E-state index is 0.0264. The Kier molecular flexibility index (Phi) is 12.4. The number of fused-ring (bicyclic) bond motifs is 2. The van der Waals surface area contributed by atoms with Crippen LogP contribution in [0.15, 0.2) is 12.2 Å². The first-order chi connectivity index (χ1) is 15.5. The molecule has 0 aliphatic heterocycles. The number of carbonyl (C=O) groups is 3. The summed E-state index contributed by atoms with van der Waals surface area (Å²) in [5.74, 6) is 1.72. The average Bonchev–Trinajstić information content (AvgIpc) is 3.37. The highest BCUT2D eigenvalue weighted by Gasteiger charge is 2.46. The van der Waals surface area contributed by atoms with Crippen LogP contribution in [-0.2, 0) is 14.4 Å². The minimum Gasteiger partial charge on any atom is -0.481 e. The largest absolute Gasteiger partial charge is 0.481 e. The van der Waals surface area contributed by atoms with Crippen molar-refractivity contribution in [2.75, 3.05) is 13.1 Å². The molecule has 0 radical (unpaired) electrons. The quantitative estimate of drug-likeness (QED) is 0.219. The summed E-state index contributed by atoms with van der Waals surface area (Å²) in [4.78, 5) is 34.8. The lowest BCUT2D eigenvalue weighted by atomic mass is 9.77. The molecule has 3 N–H and O–H groups in total. The molecule has 2 aliphatic carbocycles. The molecule has 0 unspecified atom stereocenters. The van der Waals surface area contributed by atoms with E-state index in [0.717, 1.165) is 31.6 Å². The first-order valence-electron chi connectivity index (χ1n) is 12.9.